The van der Waals surface area contributed by atoms with Crippen LogP contribution in [0.15, 0.2) is 42.5 Å². The molecule has 1 unspecified atom stereocenters. The Labute approximate surface area is 139 Å². The first-order valence-electron chi connectivity index (χ1n) is 6.85. The van der Waals surface area contributed by atoms with E-state index < -0.39 is 0 Å². The molecule has 0 aliphatic heterocycles. The van der Waals surface area contributed by atoms with Gasteiger partial charge in [0.05, 0.1) is 14.2 Å². The van der Waals surface area contributed by atoms with E-state index >= 15 is 0 Å². The fourth-order valence-electron chi connectivity index (χ4n) is 2.24. The minimum atomic E-state index is 0.336. The van der Waals surface area contributed by atoms with Crippen LogP contribution in [0.25, 0.3) is 0 Å². The van der Waals surface area contributed by atoms with Gasteiger partial charge in [0.2, 0.25) is 0 Å². The number of hydrogen-bond donors (Lipinski definition) is 1. The van der Waals surface area contributed by atoms with Crippen LogP contribution in [0.1, 0.15) is 12.5 Å². The van der Waals surface area contributed by atoms with Gasteiger partial charge in [0, 0.05) is 15.3 Å². The molecule has 0 aliphatic rings. The van der Waals surface area contributed by atoms with E-state index in [9.17, 15) is 0 Å². The third kappa shape index (κ3) is 4.52. The lowest BCUT2D eigenvalue weighted by Gasteiger charge is -2.16. The van der Waals surface area contributed by atoms with Gasteiger partial charge in [-0.1, -0.05) is 6.07 Å². The first-order chi connectivity index (χ1) is 10.1. The largest absolute Gasteiger partial charge is 0.493 e. The highest BCUT2D eigenvalue weighted by molar-refractivity contribution is 14.1. The Morgan fingerprint density at radius 2 is 1.67 bits per heavy atom. The molecule has 0 saturated heterocycles. The molecule has 3 nitrogen and oxygen atoms in total. The lowest BCUT2D eigenvalue weighted by atomic mass is 10.1. The number of rotatable bonds is 6. The zero-order valence-electron chi connectivity index (χ0n) is 12.5. The van der Waals surface area contributed by atoms with Gasteiger partial charge in [-0.3, -0.25) is 0 Å². The molecule has 112 valence electrons. The summed E-state index contributed by atoms with van der Waals surface area (Å²) in [4.78, 5) is 0. The van der Waals surface area contributed by atoms with E-state index in [-0.39, 0.29) is 0 Å². The van der Waals surface area contributed by atoms with E-state index in [0.29, 0.717) is 6.04 Å². The molecule has 1 atom stereocenters. The second-order valence-electron chi connectivity index (χ2n) is 4.95. The highest BCUT2D eigenvalue weighted by Gasteiger charge is 2.08. The Hall–Kier alpha value is -1.43. The van der Waals surface area contributed by atoms with Gasteiger partial charge in [0.1, 0.15) is 0 Å². The molecule has 0 radical (unpaired) electrons. The Kier molecular flexibility index (Phi) is 5.73. The summed E-state index contributed by atoms with van der Waals surface area (Å²) >= 11 is 2.31. The number of hydrogen-bond acceptors (Lipinski definition) is 3. The average Bonchev–Trinajstić information content (AvgIpc) is 2.49. The molecule has 4 heteroatoms. The average molecular weight is 397 g/mol. The summed E-state index contributed by atoms with van der Waals surface area (Å²) < 4.78 is 11.8. The summed E-state index contributed by atoms with van der Waals surface area (Å²) in [7, 11) is 3.31. The second-order valence-corrected chi connectivity index (χ2v) is 6.19. The van der Waals surface area contributed by atoms with Crippen LogP contribution in [0.5, 0.6) is 11.5 Å². The molecule has 21 heavy (non-hydrogen) atoms. The van der Waals surface area contributed by atoms with Crippen molar-refractivity contribution in [3.05, 3.63) is 51.6 Å². The minimum absolute atomic E-state index is 0.336. The summed E-state index contributed by atoms with van der Waals surface area (Å²) in [6.45, 7) is 2.18. The third-order valence-electron chi connectivity index (χ3n) is 3.25. The van der Waals surface area contributed by atoms with Crippen molar-refractivity contribution in [2.45, 2.75) is 19.4 Å². The molecule has 0 spiro atoms. The Balaban J connectivity index is 2.02. The molecule has 1 N–H and O–H groups in total. The van der Waals surface area contributed by atoms with E-state index in [0.717, 1.165) is 23.6 Å². The lowest BCUT2D eigenvalue weighted by Crippen LogP contribution is -2.18. The first-order valence-corrected chi connectivity index (χ1v) is 7.93. The van der Waals surface area contributed by atoms with Crippen LogP contribution in [0.2, 0.25) is 0 Å². The fraction of sp³-hybridized carbons (Fsp3) is 0.294. The van der Waals surface area contributed by atoms with Crippen LogP contribution in [0.3, 0.4) is 0 Å². The van der Waals surface area contributed by atoms with Gasteiger partial charge in [0.15, 0.2) is 11.5 Å². The van der Waals surface area contributed by atoms with Gasteiger partial charge in [0.25, 0.3) is 0 Å². The van der Waals surface area contributed by atoms with Crippen LogP contribution in [-0.2, 0) is 6.42 Å². The molecule has 0 aliphatic carbocycles. The highest BCUT2D eigenvalue weighted by atomic mass is 127. The molecule has 0 fully saturated rings. The predicted octanol–water partition coefficient (Wildman–Crippen LogP) is 4.35. The number of ether oxygens (including phenoxy) is 2. The molecule has 0 saturated carbocycles. The van der Waals surface area contributed by atoms with Crippen molar-refractivity contribution in [1.82, 2.24) is 0 Å². The zero-order valence-corrected chi connectivity index (χ0v) is 14.7. The number of halogens is 1. The van der Waals surface area contributed by atoms with Gasteiger partial charge >= 0.3 is 0 Å². The molecule has 0 heterocycles. The summed E-state index contributed by atoms with van der Waals surface area (Å²) in [6.07, 6.45) is 0.923. The van der Waals surface area contributed by atoms with Crippen LogP contribution < -0.4 is 14.8 Å². The van der Waals surface area contributed by atoms with Gasteiger partial charge in [-0.05, 0) is 77.9 Å². The molecule has 2 aromatic rings. The van der Waals surface area contributed by atoms with Crippen molar-refractivity contribution >= 4 is 28.3 Å². The maximum atomic E-state index is 5.34. The summed E-state index contributed by atoms with van der Waals surface area (Å²) in [5.41, 5.74) is 2.36. The molecule has 2 aromatic carbocycles. The van der Waals surface area contributed by atoms with Crippen molar-refractivity contribution in [2.24, 2.45) is 0 Å². The van der Waals surface area contributed by atoms with Crippen molar-refractivity contribution in [2.75, 3.05) is 19.5 Å². The van der Waals surface area contributed by atoms with Crippen molar-refractivity contribution in [1.29, 1.82) is 0 Å². The van der Waals surface area contributed by atoms with Gasteiger partial charge in [-0.2, -0.15) is 0 Å². The number of methoxy groups -OCH3 is 2. The van der Waals surface area contributed by atoms with Crippen LogP contribution in [-0.4, -0.2) is 20.3 Å². The molecule has 0 aromatic heterocycles. The Morgan fingerprint density at radius 3 is 2.29 bits per heavy atom. The predicted molar refractivity (Wildman–Crippen MR) is 95.5 cm³/mol. The monoisotopic (exact) mass is 397 g/mol. The number of benzene rings is 2. The maximum absolute atomic E-state index is 5.34. The van der Waals surface area contributed by atoms with E-state index in [1.54, 1.807) is 14.2 Å². The highest BCUT2D eigenvalue weighted by Crippen LogP contribution is 2.28. The quantitative estimate of drug-likeness (QED) is 0.736. The second kappa shape index (κ2) is 7.54. The smallest absolute Gasteiger partial charge is 0.160 e. The van der Waals surface area contributed by atoms with Crippen LogP contribution in [0.4, 0.5) is 5.69 Å². The normalized spacial score (nSPS) is 11.8. The van der Waals surface area contributed by atoms with E-state index in [1.807, 2.05) is 12.1 Å². The fourth-order valence-corrected chi connectivity index (χ4v) is 2.60. The van der Waals surface area contributed by atoms with Crippen molar-refractivity contribution in [3.63, 3.8) is 0 Å². The number of nitrogens with one attached hydrogen (secondary N) is 1. The zero-order chi connectivity index (χ0) is 15.2. The summed E-state index contributed by atoms with van der Waals surface area (Å²) in [5, 5.41) is 3.51. The molecule has 2 rings (SSSR count). The molecular weight excluding hydrogens is 377 g/mol. The van der Waals surface area contributed by atoms with Crippen LogP contribution in [0, 0.1) is 3.57 Å². The van der Waals surface area contributed by atoms with Gasteiger partial charge < -0.3 is 14.8 Å². The lowest BCUT2D eigenvalue weighted by molar-refractivity contribution is 0.354. The maximum Gasteiger partial charge on any atom is 0.160 e. The molecular formula is C17H20INO2. The number of anilines is 1. The Bertz CT molecular complexity index is 584. The molecule has 0 amide bonds. The van der Waals surface area contributed by atoms with Gasteiger partial charge in [-0.15, -0.1) is 0 Å². The molecule has 0 bridgehead atoms. The van der Waals surface area contributed by atoms with Crippen molar-refractivity contribution < 1.29 is 9.47 Å². The van der Waals surface area contributed by atoms with E-state index in [1.165, 1.54) is 9.13 Å². The topological polar surface area (TPSA) is 30.5 Å². The minimum Gasteiger partial charge on any atom is -0.493 e. The summed E-state index contributed by atoms with van der Waals surface area (Å²) in [6, 6.07) is 14.8. The van der Waals surface area contributed by atoms with E-state index in [4.69, 9.17) is 9.47 Å². The first kappa shape index (κ1) is 15.9. The third-order valence-corrected chi connectivity index (χ3v) is 3.97. The van der Waals surface area contributed by atoms with Crippen molar-refractivity contribution in [3.8, 4) is 11.5 Å². The van der Waals surface area contributed by atoms with Gasteiger partial charge in [-0.25, -0.2) is 0 Å². The Morgan fingerprint density at radius 1 is 1.00 bits per heavy atom. The summed E-state index contributed by atoms with van der Waals surface area (Å²) in [5.74, 6) is 1.54. The SMILES string of the molecule is COc1ccc(CC(C)Nc2ccc(I)cc2)cc1OC. The van der Waals surface area contributed by atoms with E-state index in [2.05, 4.69) is 65.2 Å². The standard InChI is InChI=1S/C17H20INO2/c1-12(19-15-7-5-14(18)6-8-15)10-13-4-9-16(20-2)17(11-13)21-3/h4-9,11-12,19H,10H2,1-3H3. The van der Waals surface area contributed by atoms with Crippen LogP contribution >= 0.6 is 22.6 Å².